The number of likely N-dealkylation sites (tertiary alicyclic amines) is 1. The molecule has 1 aliphatic rings. The van der Waals surface area contributed by atoms with Crippen LogP contribution in [0.3, 0.4) is 0 Å². The largest absolute Gasteiger partial charge is 0.481 e. The fourth-order valence-corrected chi connectivity index (χ4v) is 2.57. The number of carbonyl (C=O) groups excluding carboxylic acids is 1. The number of nitrogens with zero attached hydrogens (tertiary/aromatic N) is 2. The van der Waals surface area contributed by atoms with Crippen molar-refractivity contribution in [2.24, 2.45) is 0 Å². The number of nitrogens with one attached hydrogen (secondary N) is 1. The Morgan fingerprint density at radius 3 is 2.78 bits per heavy atom. The number of aliphatic carboxylic acids is 1. The molecule has 6 nitrogen and oxygen atoms in total. The van der Waals surface area contributed by atoms with E-state index in [2.05, 4.69) is 10.3 Å². The van der Waals surface area contributed by atoms with Crippen LogP contribution in [0.25, 0.3) is 0 Å². The molecule has 1 aliphatic heterocycles. The molecule has 0 unspecified atom stereocenters. The number of hydrogen-bond donors (Lipinski definition) is 2. The maximum absolute atomic E-state index is 11.9. The first-order chi connectivity index (χ1) is 8.65. The van der Waals surface area contributed by atoms with Gasteiger partial charge in [0.1, 0.15) is 0 Å². The number of aromatic nitrogens is 1. The van der Waals surface area contributed by atoms with Crippen LogP contribution in [-0.2, 0) is 11.2 Å². The highest BCUT2D eigenvalue weighted by Gasteiger charge is 2.17. The summed E-state index contributed by atoms with van der Waals surface area (Å²) in [4.78, 5) is 28.2. The Hall–Kier alpha value is -1.63. The molecule has 0 atom stereocenters. The molecule has 1 aromatic rings. The van der Waals surface area contributed by atoms with Crippen molar-refractivity contribution in [3.05, 3.63) is 11.1 Å². The summed E-state index contributed by atoms with van der Waals surface area (Å²) in [6.45, 7) is 1.55. The summed E-state index contributed by atoms with van der Waals surface area (Å²) < 4.78 is 0. The van der Waals surface area contributed by atoms with Crippen molar-refractivity contribution >= 4 is 28.5 Å². The summed E-state index contributed by atoms with van der Waals surface area (Å²) in [6, 6.07) is -0.147. The zero-order chi connectivity index (χ0) is 13.0. The van der Waals surface area contributed by atoms with Crippen molar-refractivity contribution in [2.45, 2.75) is 25.7 Å². The van der Waals surface area contributed by atoms with Gasteiger partial charge in [0.25, 0.3) is 0 Å². The number of carboxylic acid groups (broad SMARTS) is 1. The average Bonchev–Trinajstić information content (AvgIpc) is 2.76. The Morgan fingerprint density at radius 1 is 1.39 bits per heavy atom. The molecule has 2 amide bonds. The van der Waals surface area contributed by atoms with Gasteiger partial charge in [0.2, 0.25) is 0 Å². The monoisotopic (exact) mass is 269 g/mol. The van der Waals surface area contributed by atoms with E-state index in [1.54, 1.807) is 10.3 Å². The summed E-state index contributed by atoms with van der Waals surface area (Å²) >= 11 is 1.25. The molecule has 18 heavy (non-hydrogen) atoms. The summed E-state index contributed by atoms with van der Waals surface area (Å²) in [5.41, 5.74) is 0.474. The summed E-state index contributed by atoms with van der Waals surface area (Å²) in [7, 11) is 0. The first kappa shape index (κ1) is 12.8. The number of carbonyl (C=O) groups is 2. The first-order valence-electron chi connectivity index (χ1n) is 5.87. The molecule has 1 aromatic heterocycles. The topological polar surface area (TPSA) is 82.5 Å². The van der Waals surface area contributed by atoms with Gasteiger partial charge in [0.15, 0.2) is 5.13 Å². The summed E-state index contributed by atoms with van der Waals surface area (Å²) in [5, 5.41) is 13.5. The molecule has 2 rings (SSSR count). The van der Waals surface area contributed by atoms with Crippen LogP contribution in [-0.4, -0.2) is 40.1 Å². The van der Waals surface area contributed by atoms with E-state index in [0.717, 1.165) is 25.9 Å². The fraction of sp³-hybridized carbons (Fsp3) is 0.545. The van der Waals surface area contributed by atoms with Crippen LogP contribution in [0.4, 0.5) is 9.93 Å². The van der Waals surface area contributed by atoms with Gasteiger partial charge >= 0.3 is 12.0 Å². The number of amides is 2. The number of carboxylic acids is 1. The Morgan fingerprint density at radius 2 is 2.11 bits per heavy atom. The zero-order valence-corrected chi connectivity index (χ0v) is 10.7. The third-order valence-electron chi connectivity index (χ3n) is 2.74. The van der Waals surface area contributed by atoms with Gasteiger partial charge in [-0.3, -0.25) is 10.1 Å². The maximum atomic E-state index is 11.9. The molecule has 2 N–H and O–H groups in total. The molecular formula is C11H15N3O3S. The normalized spacial score (nSPS) is 15.4. The quantitative estimate of drug-likeness (QED) is 0.876. The van der Waals surface area contributed by atoms with Gasteiger partial charge in [0, 0.05) is 18.5 Å². The van der Waals surface area contributed by atoms with Gasteiger partial charge in [-0.2, -0.15) is 0 Å². The lowest BCUT2D eigenvalue weighted by molar-refractivity contribution is -0.136. The molecule has 0 aromatic carbocycles. The van der Waals surface area contributed by atoms with Crippen molar-refractivity contribution in [1.82, 2.24) is 9.88 Å². The molecular weight excluding hydrogens is 254 g/mol. The van der Waals surface area contributed by atoms with E-state index in [1.807, 2.05) is 0 Å². The van der Waals surface area contributed by atoms with Crippen molar-refractivity contribution < 1.29 is 14.7 Å². The van der Waals surface area contributed by atoms with Crippen LogP contribution in [0.1, 0.15) is 25.0 Å². The molecule has 1 saturated heterocycles. The van der Waals surface area contributed by atoms with E-state index in [0.29, 0.717) is 10.8 Å². The predicted octanol–water partition coefficient (Wildman–Crippen LogP) is 1.79. The van der Waals surface area contributed by atoms with Crippen LogP contribution in [0.5, 0.6) is 0 Å². The zero-order valence-electron chi connectivity index (χ0n) is 9.89. The maximum Gasteiger partial charge on any atom is 0.323 e. The Kier molecular flexibility index (Phi) is 4.14. The third-order valence-corrected chi connectivity index (χ3v) is 3.55. The van der Waals surface area contributed by atoms with Gasteiger partial charge in [-0.1, -0.05) is 0 Å². The van der Waals surface area contributed by atoms with E-state index in [1.165, 1.54) is 17.8 Å². The lowest BCUT2D eigenvalue weighted by Crippen LogP contribution is -2.38. The molecule has 98 valence electrons. The van der Waals surface area contributed by atoms with Gasteiger partial charge in [-0.15, -0.1) is 11.3 Å². The van der Waals surface area contributed by atoms with Crippen LogP contribution >= 0.6 is 11.3 Å². The van der Waals surface area contributed by atoms with E-state index in [9.17, 15) is 9.59 Å². The van der Waals surface area contributed by atoms with Crippen LogP contribution in [0.2, 0.25) is 0 Å². The van der Waals surface area contributed by atoms with E-state index in [-0.39, 0.29) is 12.5 Å². The standard InChI is InChI=1S/C11H15N3O3S/c15-9(16)6-8-7-18-10(12-8)13-11(17)14-4-2-1-3-5-14/h7H,1-6H2,(H,15,16)(H,12,13,17). The summed E-state index contributed by atoms with van der Waals surface area (Å²) in [6.07, 6.45) is 3.13. The highest BCUT2D eigenvalue weighted by atomic mass is 32.1. The highest BCUT2D eigenvalue weighted by Crippen LogP contribution is 2.17. The molecule has 0 aliphatic carbocycles. The molecule has 0 spiro atoms. The van der Waals surface area contributed by atoms with Gasteiger partial charge < -0.3 is 10.0 Å². The number of piperidine rings is 1. The van der Waals surface area contributed by atoms with Crippen molar-refractivity contribution in [1.29, 1.82) is 0 Å². The Balaban J connectivity index is 1.90. The minimum absolute atomic E-state index is 0.115. The second-order valence-electron chi connectivity index (χ2n) is 4.19. The highest BCUT2D eigenvalue weighted by molar-refractivity contribution is 7.13. The lowest BCUT2D eigenvalue weighted by Gasteiger charge is -2.26. The molecule has 0 saturated carbocycles. The second-order valence-corrected chi connectivity index (χ2v) is 5.05. The smallest absolute Gasteiger partial charge is 0.323 e. The van der Waals surface area contributed by atoms with Crippen molar-refractivity contribution in [3.8, 4) is 0 Å². The van der Waals surface area contributed by atoms with Crippen LogP contribution in [0.15, 0.2) is 5.38 Å². The minimum atomic E-state index is -0.922. The van der Waals surface area contributed by atoms with Gasteiger partial charge in [-0.25, -0.2) is 9.78 Å². The van der Waals surface area contributed by atoms with E-state index < -0.39 is 5.97 Å². The molecule has 0 bridgehead atoms. The Labute approximate surface area is 109 Å². The molecule has 7 heteroatoms. The van der Waals surface area contributed by atoms with Gasteiger partial charge in [0.05, 0.1) is 12.1 Å². The average molecular weight is 269 g/mol. The fourth-order valence-electron chi connectivity index (χ4n) is 1.87. The van der Waals surface area contributed by atoms with E-state index in [4.69, 9.17) is 5.11 Å². The lowest BCUT2D eigenvalue weighted by atomic mass is 10.1. The first-order valence-corrected chi connectivity index (χ1v) is 6.75. The number of rotatable bonds is 3. The van der Waals surface area contributed by atoms with Crippen LogP contribution in [0, 0.1) is 0 Å². The molecule has 0 radical (unpaired) electrons. The SMILES string of the molecule is O=C(O)Cc1csc(NC(=O)N2CCCCC2)n1. The molecule has 2 heterocycles. The molecule has 1 fully saturated rings. The Bertz CT molecular complexity index is 440. The van der Waals surface area contributed by atoms with E-state index >= 15 is 0 Å². The van der Waals surface area contributed by atoms with Crippen molar-refractivity contribution in [2.75, 3.05) is 18.4 Å². The predicted molar refractivity (Wildman–Crippen MR) is 67.9 cm³/mol. The third kappa shape index (κ3) is 3.43. The number of thiazole rings is 1. The second kappa shape index (κ2) is 5.81. The van der Waals surface area contributed by atoms with Crippen molar-refractivity contribution in [3.63, 3.8) is 0 Å². The van der Waals surface area contributed by atoms with Crippen LogP contribution < -0.4 is 5.32 Å². The van der Waals surface area contributed by atoms with Gasteiger partial charge in [-0.05, 0) is 19.3 Å². The number of urea groups is 1. The minimum Gasteiger partial charge on any atom is -0.481 e. The summed E-state index contributed by atoms with van der Waals surface area (Å²) in [5.74, 6) is -0.922. The number of hydrogen-bond acceptors (Lipinski definition) is 4. The number of anilines is 1.